The number of hydrogen-bond acceptors (Lipinski definition) is 7. The number of thioether (sulfide) groups is 1. The van der Waals surface area contributed by atoms with Crippen molar-refractivity contribution in [3.8, 4) is 11.3 Å². The van der Waals surface area contributed by atoms with Gasteiger partial charge in [-0.2, -0.15) is 4.99 Å². The zero-order valence-electron chi connectivity index (χ0n) is 16.6. The molecule has 160 valence electrons. The summed E-state index contributed by atoms with van der Waals surface area (Å²) in [7, 11) is 0. The van der Waals surface area contributed by atoms with Crippen LogP contribution in [0.15, 0.2) is 50.7 Å². The van der Waals surface area contributed by atoms with E-state index in [1.165, 1.54) is 18.6 Å². The van der Waals surface area contributed by atoms with E-state index in [4.69, 9.17) is 4.42 Å². The fourth-order valence-electron chi connectivity index (χ4n) is 3.49. The van der Waals surface area contributed by atoms with E-state index in [1.807, 2.05) is 0 Å². The highest BCUT2D eigenvalue weighted by atomic mass is 32.2. The van der Waals surface area contributed by atoms with Gasteiger partial charge in [-0.25, -0.2) is 0 Å². The molecule has 0 saturated carbocycles. The average Bonchev–Trinajstić information content (AvgIpc) is 3.35. The van der Waals surface area contributed by atoms with Gasteiger partial charge in [0.1, 0.15) is 11.5 Å². The molecule has 9 nitrogen and oxygen atoms in total. The van der Waals surface area contributed by atoms with E-state index in [1.54, 1.807) is 30.3 Å². The summed E-state index contributed by atoms with van der Waals surface area (Å²) in [6.45, 7) is 2.08. The van der Waals surface area contributed by atoms with Crippen molar-refractivity contribution < 1.29 is 18.9 Å². The van der Waals surface area contributed by atoms with E-state index in [2.05, 4.69) is 15.2 Å². The van der Waals surface area contributed by atoms with Gasteiger partial charge in [0.2, 0.25) is 5.91 Å². The van der Waals surface area contributed by atoms with Crippen LogP contribution in [0.1, 0.15) is 25.0 Å². The van der Waals surface area contributed by atoms with Gasteiger partial charge in [-0.05, 0) is 55.9 Å². The molecule has 0 aliphatic carbocycles. The van der Waals surface area contributed by atoms with Crippen LogP contribution >= 0.6 is 11.8 Å². The Balaban J connectivity index is 1.41. The highest BCUT2D eigenvalue weighted by Crippen LogP contribution is 2.33. The molecule has 1 fully saturated rings. The molecule has 0 spiro atoms. The third-order valence-electron chi connectivity index (χ3n) is 4.95. The molecule has 2 aliphatic rings. The number of likely N-dealkylation sites (tertiary alicyclic amines) is 1. The Bertz CT molecular complexity index is 1080. The molecule has 1 aromatic heterocycles. The number of rotatable bonds is 5. The van der Waals surface area contributed by atoms with Gasteiger partial charge in [0.05, 0.1) is 21.9 Å². The van der Waals surface area contributed by atoms with Gasteiger partial charge in [-0.3, -0.25) is 24.6 Å². The number of nitro groups is 1. The molecule has 0 atom stereocenters. The average molecular weight is 440 g/mol. The van der Waals surface area contributed by atoms with Gasteiger partial charge in [0.25, 0.3) is 11.6 Å². The van der Waals surface area contributed by atoms with Gasteiger partial charge >= 0.3 is 0 Å². The number of nitro benzene ring substituents is 1. The van der Waals surface area contributed by atoms with Crippen LogP contribution in [0.3, 0.4) is 0 Å². The first kappa shape index (κ1) is 21.0. The fourth-order valence-corrected chi connectivity index (χ4v) is 4.30. The van der Waals surface area contributed by atoms with Crippen molar-refractivity contribution in [2.45, 2.75) is 19.3 Å². The molecule has 31 heavy (non-hydrogen) atoms. The van der Waals surface area contributed by atoms with Crippen LogP contribution in [0, 0.1) is 10.1 Å². The molecule has 10 heteroatoms. The van der Waals surface area contributed by atoms with Gasteiger partial charge < -0.3 is 9.73 Å². The second kappa shape index (κ2) is 9.27. The minimum atomic E-state index is -0.473. The van der Waals surface area contributed by atoms with Crippen LogP contribution in [-0.4, -0.2) is 46.4 Å². The smallest absolute Gasteiger partial charge is 0.286 e. The lowest BCUT2D eigenvalue weighted by Gasteiger charge is -2.25. The molecule has 0 unspecified atom stereocenters. The van der Waals surface area contributed by atoms with Gasteiger partial charge in [-0.15, -0.1) is 0 Å². The summed E-state index contributed by atoms with van der Waals surface area (Å²) in [6, 6.07) is 9.51. The second-order valence-corrected chi connectivity index (χ2v) is 8.22. The number of piperidine rings is 1. The summed E-state index contributed by atoms with van der Waals surface area (Å²) in [5.74, 6) is 0.0199. The monoisotopic (exact) mass is 440 g/mol. The van der Waals surface area contributed by atoms with Crippen molar-refractivity contribution >= 4 is 40.5 Å². The molecule has 1 N–H and O–H groups in total. The molecule has 1 aromatic carbocycles. The summed E-state index contributed by atoms with van der Waals surface area (Å²) >= 11 is 1.06. The summed E-state index contributed by atoms with van der Waals surface area (Å²) in [5.41, 5.74) is 0.286. The highest BCUT2D eigenvalue weighted by molar-refractivity contribution is 8.18. The number of benzene rings is 1. The first-order valence-corrected chi connectivity index (χ1v) is 10.7. The Morgan fingerprint density at radius 3 is 2.77 bits per heavy atom. The van der Waals surface area contributed by atoms with Crippen molar-refractivity contribution in [2.75, 3.05) is 19.6 Å². The topological polar surface area (TPSA) is 118 Å². The van der Waals surface area contributed by atoms with E-state index in [0.29, 0.717) is 22.0 Å². The van der Waals surface area contributed by atoms with E-state index in [0.717, 1.165) is 37.7 Å². The summed E-state index contributed by atoms with van der Waals surface area (Å²) in [5, 5.41) is 14.2. The Morgan fingerprint density at radius 2 is 2.00 bits per heavy atom. The molecule has 0 bridgehead atoms. The number of carbonyl (C=O) groups excluding carboxylic acids is 2. The zero-order chi connectivity index (χ0) is 21.8. The first-order chi connectivity index (χ1) is 15.0. The van der Waals surface area contributed by atoms with Crippen LogP contribution in [0.2, 0.25) is 0 Å². The maximum absolute atomic E-state index is 12.2. The minimum Gasteiger partial charge on any atom is -0.456 e. The number of aliphatic imine (C=N–C) groups is 1. The zero-order valence-corrected chi connectivity index (χ0v) is 17.4. The van der Waals surface area contributed by atoms with E-state index in [-0.39, 0.29) is 23.3 Å². The Morgan fingerprint density at radius 1 is 1.23 bits per heavy atom. The normalized spacial score (nSPS) is 18.3. The summed E-state index contributed by atoms with van der Waals surface area (Å²) in [6.07, 6.45) is 4.88. The van der Waals surface area contributed by atoms with Crippen molar-refractivity contribution in [1.82, 2.24) is 10.2 Å². The number of carbonyl (C=O) groups is 2. The standard InChI is InChI=1S/C21H20N4O5S/c26-19(13-24-10-4-1-5-11-24)22-21-23-20(27)18(31-21)12-14-8-9-17(30-14)15-6-2-3-7-16(15)25(28)29/h2-3,6-9,12H,1,4-5,10-11,13H2,(H,22,23,26,27)/b18-12-. The number of hydrogen-bond donors (Lipinski definition) is 1. The van der Waals surface area contributed by atoms with Gasteiger partial charge in [0.15, 0.2) is 5.17 Å². The Kier molecular flexibility index (Phi) is 6.28. The quantitative estimate of drug-likeness (QED) is 0.430. The van der Waals surface area contributed by atoms with Crippen LogP contribution in [0.25, 0.3) is 17.4 Å². The van der Waals surface area contributed by atoms with Crippen molar-refractivity contribution in [3.05, 3.63) is 57.2 Å². The molecule has 2 aromatic rings. The Labute approximate surface area is 182 Å². The molecule has 3 heterocycles. The second-order valence-electron chi connectivity index (χ2n) is 7.19. The number of amides is 2. The molecular weight excluding hydrogens is 420 g/mol. The van der Waals surface area contributed by atoms with Crippen LogP contribution in [0.4, 0.5) is 5.69 Å². The van der Waals surface area contributed by atoms with E-state index >= 15 is 0 Å². The third kappa shape index (κ3) is 5.09. The molecule has 2 aliphatic heterocycles. The number of nitrogens with one attached hydrogen (secondary N) is 1. The molecule has 2 amide bonds. The number of amidine groups is 1. The van der Waals surface area contributed by atoms with Crippen molar-refractivity contribution in [3.63, 3.8) is 0 Å². The predicted octanol–water partition coefficient (Wildman–Crippen LogP) is 3.43. The van der Waals surface area contributed by atoms with Crippen LogP contribution in [0.5, 0.6) is 0 Å². The Hall–Kier alpha value is -3.24. The lowest BCUT2D eigenvalue weighted by atomic mass is 10.1. The molecule has 0 radical (unpaired) electrons. The van der Waals surface area contributed by atoms with Gasteiger partial charge in [0, 0.05) is 12.1 Å². The maximum atomic E-state index is 12.2. The summed E-state index contributed by atoms with van der Waals surface area (Å²) < 4.78 is 5.70. The van der Waals surface area contributed by atoms with E-state index < -0.39 is 10.8 Å². The summed E-state index contributed by atoms with van der Waals surface area (Å²) in [4.78, 5) is 41.5. The number of furan rings is 1. The van der Waals surface area contributed by atoms with Crippen molar-refractivity contribution in [2.24, 2.45) is 4.99 Å². The molecular formula is C21H20N4O5S. The largest absolute Gasteiger partial charge is 0.456 e. The number of nitrogens with zero attached hydrogens (tertiary/aromatic N) is 3. The van der Waals surface area contributed by atoms with E-state index in [9.17, 15) is 19.7 Å². The van der Waals surface area contributed by atoms with Crippen LogP contribution < -0.4 is 5.32 Å². The third-order valence-corrected chi connectivity index (χ3v) is 5.85. The first-order valence-electron chi connectivity index (χ1n) is 9.88. The van der Waals surface area contributed by atoms with Gasteiger partial charge in [-0.1, -0.05) is 18.6 Å². The highest BCUT2D eigenvalue weighted by Gasteiger charge is 2.25. The maximum Gasteiger partial charge on any atom is 0.286 e. The minimum absolute atomic E-state index is 0.0654. The predicted molar refractivity (Wildman–Crippen MR) is 117 cm³/mol. The molecule has 1 saturated heterocycles. The number of para-hydroxylation sites is 1. The van der Waals surface area contributed by atoms with Crippen LogP contribution in [-0.2, 0) is 9.59 Å². The lowest BCUT2D eigenvalue weighted by molar-refractivity contribution is -0.384. The molecule has 4 rings (SSSR count). The lowest BCUT2D eigenvalue weighted by Crippen LogP contribution is -2.41. The fraction of sp³-hybridized carbons (Fsp3) is 0.286. The SMILES string of the molecule is O=C(CN1CCCCC1)NC1=NC(=O)/C(=C/c2ccc(-c3ccccc3[N+](=O)[O-])o2)S1. The van der Waals surface area contributed by atoms with Crippen molar-refractivity contribution in [1.29, 1.82) is 0 Å².